The van der Waals surface area contributed by atoms with Crippen LogP contribution in [-0.2, 0) is 9.53 Å². The topological polar surface area (TPSA) is 64.3 Å². The number of nitrogens with one attached hydrogen (secondary N) is 1. The number of nitrogens with two attached hydrogens (primary N) is 1. The maximum absolute atomic E-state index is 11.8. The molecule has 3 N–H and O–H groups in total. The first-order valence-corrected chi connectivity index (χ1v) is 5.50. The Morgan fingerprint density at radius 2 is 2.06 bits per heavy atom. The van der Waals surface area contributed by atoms with Crippen LogP contribution < -0.4 is 11.1 Å². The molecule has 0 aliphatic heterocycles. The van der Waals surface area contributed by atoms with E-state index < -0.39 is 6.10 Å². The molecule has 1 aromatic rings. The van der Waals surface area contributed by atoms with E-state index in [-0.39, 0.29) is 18.3 Å². The highest BCUT2D eigenvalue weighted by Crippen LogP contribution is 2.15. The lowest BCUT2D eigenvalue weighted by atomic mass is 10.1. The minimum Gasteiger partial charge on any atom is -0.367 e. The van der Waals surface area contributed by atoms with Gasteiger partial charge in [0.1, 0.15) is 0 Å². The average molecular weight is 271 g/mol. The fourth-order valence-electron chi connectivity index (χ4n) is 1.45. The zero-order valence-corrected chi connectivity index (χ0v) is 11.2. The minimum atomic E-state index is -0.567. The second kappa shape index (κ2) is 9.65. The largest absolute Gasteiger partial charge is 0.367 e. The molecule has 0 bridgehead atoms. The zero-order chi connectivity index (χ0) is 12.5. The number of amides is 1. The SMILES string of the molecule is CO[C@H](C(=O)NC/C=C/CN)c1ccccc1.Cl. The summed E-state index contributed by atoms with van der Waals surface area (Å²) in [5, 5.41) is 2.76. The van der Waals surface area contributed by atoms with Gasteiger partial charge < -0.3 is 15.8 Å². The normalized spacial score (nSPS) is 11.9. The van der Waals surface area contributed by atoms with E-state index in [9.17, 15) is 4.79 Å². The molecule has 1 aromatic carbocycles. The average Bonchev–Trinajstić information content (AvgIpc) is 2.37. The Morgan fingerprint density at radius 3 is 2.61 bits per heavy atom. The quantitative estimate of drug-likeness (QED) is 0.769. The highest BCUT2D eigenvalue weighted by atomic mass is 35.5. The smallest absolute Gasteiger partial charge is 0.253 e. The van der Waals surface area contributed by atoms with Crippen LogP contribution in [0.25, 0.3) is 0 Å². The van der Waals surface area contributed by atoms with E-state index in [1.807, 2.05) is 36.4 Å². The van der Waals surface area contributed by atoms with Gasteiger partial charge >= 0.3 is 0 Å². The summed E-state index contributed by atoms with van der Waals surface area (Å²) in [6, 6.07) is 9.39. The molecule has 0 spiro atoms. The Bertz CT molecular complexity index is 369. The van der Waals surface area contributed by atoms with Crippen molar-refractivity contribution < 1.29 is 9.53 Å². The Morgan fingerprint density at radius 1 is 1.39 bits per heavy atom. The van der Waals surface area contributed by atoms with Crippen LogP contribution in [0.3, 0.4) is 0 Å². The van der Waals surface area contributed by atoms with Crippen LogP contribution in [-0.4, -0.2) is 26.1 Å². The summed E-state index contributed by atoms with van der Waals surface area (Å²) in [5.41, 5.74) is 6.14. The summed E-state index contributed by atoms with van der Waals surface area (Å²) >= 11 is 0. The summed E-state index contributed by atoms with van der Waals surface area (Å²) < 4.78 is 5.19. The first kappa shape index (κ1) is 16.6. The van der Waals surface area contributed by atoms with Crippen LogP contribution in [0.15, 0.2) is 42.5 Å². The van der Waals surface area contributed by atoms with Gasteiger partial charge in [0.15, 0.2) is 6.10 Å². The number of halogens is 1. The lowest BCUT2D eigenvalue weighted by Gasteiger charge is -2.14. The van der Waals surface area contributed by atoms with Gasteiger partial charge in [0.2, 0.25) is 0 Å². The van der Waals surface area contributed by atoms with Crippen molar-refractivity contribution in [3.8, 4) is 0 Å². The number of benzene rings is 1. The maximum atomic E-state index is 11.8. The van der Waals surface area contributed by atoms with Gasteiger partial charge in [-0.05, 0) is 5.56 Å². The summed E-state index contributed by atoms with van der Waals surface area (Å²) in [6.45, 7) is 0.936. The van der Waals surface area contributed by atoms with Crippen molar-refractivity contribution in [3.05, 3.63) is 48.0 Å². The second-order valence-corrected chi connectivity index (χ2v) is 3.48. The predicted octanol–water partition coefficient (Wildman–Crippen LogP) is 1.43. The second-order valence-electron chi connectivity index (χ2n) is 3.48. The molecule has 0 saturated carbocycles. The van der Waals surface area contributed by atoms with Crippen LogP contribution >= 0.6 is 12.4 Å². The number of methoxy groups -OCH3 is 1. The van der Waals surface area contributed by atoms with Crippen molar-refractivity contribution >= 4 is 18.3 Å². The first-order chi connectivity index (χ1) is 8.29. The first-order valence-electron chi connectivity index (χ1n) is 5.50. The molecule has 100 valence electrons. The highest BCUT2D eigenvalue weighted by Gasteiger charge is 2.18. The number of rotatable bonds is 6. The molecule has 0 heterocycles. The monoisotopic (exact) mass is 270 g/mol. The van der Waals surface area contributed by atoms with Gasteiger partial charge in [-0.1, -0.05) is 42.5 Å². The number of carbonyl (C=O) groups excluding carboxylic acids is 1. The maximum Gasteiger partial charge on any atom is 0.253 e. The third kappa shape index (κ3) is 5.31. The molecule has 1 amide bonds. The molecule has 0 aliphatic carbocycles. The summed E-state index contributed by atoms with van der Waals surface area (Å²) in [7, 11) is 1.52. The summed E-state index contributed by atoms with van der Waals surface area (Å²) in [6.07, 6.45) is 3.04. The summed E-state index contributed by atoms with van der Waals surface area (Å²) in [5.74, 6) is -0.152. The fraction of sp³-hybridized carbons (Fsp3) is 0.308. The molecule has 0 saturated heterocycles. The Balaban J connectivity index is 0.00000289. The van der Waals surface area contributed by atoms with Crippen LogP contribution in [0, 0.1) is 0 Å². The van der Waals surface area contributed by atoms with E-state index in [1.54, 1.807) is 6.08 Å². The molecule has 4 nitrogen and oxygen atoms in total. The molecule has 18 heavy (non-hydrogen) atoms. The van der Waals surface area contributed by atoms with Crippen molar-refractivity contribution in [1.29, 1.82) is 0 Å². The van der Waals surface area contributed by atoms with Crippen LogP contribution in [0.4, 0.5) is 0 Å². The highest BCUT2D eigenvalue weighted by molar-refractivity contribution is 5.85. The van der Waals surface area contributed by atoms with Gasteiger partial charge in [0, 0.05) is 20.2 Å². The zero-order valence-electron chi connectivity index (χ0n) is 10.3. The molecule has 0 unspecified atom stereocenters. The number of hydrogen-bond acceptors (Lipinski definition) is 3. The molecule has 5 heteroatoms. The molecule has 1 rings (SSSR count). The van der Waals surface area contributed by atoms with Gasteiger partial charge in [-0.15, -0.1) is 12.4 Å². The van der Waals surface area contributed by atoms with E-state index in [2.05, 4.69) is 5.32 Å². The Kier molecular flexibility index (Phi) is 8.92. The van der Waals surface area contributed by atoms with Crippen LogP contribution in [0.5, 0.6) is 0 Å². The number of hydrogen-bond donors (Lipinski definition) is 2. The molecule has 0 aliphatic rings. The van der Waals surface area contributed by atoms with Gasteiger partial charge in [0.05, 0.1) is 0 Å². The third-order valence-corrected chi connectivity index (χ3v) is 2.27. The van der Waals surface area contributed by atoms with Crippen molar-refractivity contribution in [2.45, 2.75) is 6.10 Å². The molecular formula is C13H19ClN2O2. The molecule has 0 fully saturated rings. The van der Waals surface area contributed by atoms with Crippen LogP contribution in [0.1, 0.15) is 11.7 Å². The van der Waals surface area contributed by atoms with Gasteiger partial charge in [-0.3, -0.25) is 4.79 Å². The molecule has 1 atom stereocenters. The van der Waals surface area contributed by atoms with Gasteiger partial charge in [-0.25, -0.2) is 0 Å². The van der Waals surface area contributed by atoms with Crippen molar-refractivity contribution in [2.75, 3.05) is 20.2 Å². The number of carbonyl (C=O) groups is 1. The third-order valence-electron chi connectivity index (χ3n) is 2.27. The molecule has 0 radical (unpaired) electrons. The van der Waals surface area contributed by atoms with Crippen LogP contribution in [0.2, 0.25) is 0 Å². The van der Waals surface area contributed by atoms with Crippen molar-refractivity contribution in [2.24, 2.45) is 5.73 Å². The van der Waals surface area contributed by atoms with E-state index in [4.69, 9.17) is 10.5 Å². The Hall–Kier alpha value is -1.36. The minimum absolute atomic E-state index is 0. The van der Waals surface area contributed by atoms with Crippen molar-refractivity contribution in [3.63, 3.8) is 0 Å². The van der Waals surface area contributed by atoms with E-state index in [1.165, 1.54) is 7.11 Å². The summed E-state index contributed by atoms with van der Waals surface area (Å²) in [4.78, 5) is 11.8. The number of ether oxygens (including phenoxy) is 1. The standard InChI is InChI=1S/C13H18N2O2.ClH/c1-17-12(11-7-3-2-4-8-11)13(16)15-10-6-5-9-14;/h2-8,12H,9-10,14H2,1H3,(H,15,16);1H/b6-5+;/t12-;/m0./s1. The van der Waals surface area contributed by atoms with Gasteiger partial charge in [-0.2, -0.15) is 0 Å². The van der Waals surface area contributed by atoms with Crippen molar-refractivity contribution in [1.82, 2.24) is 5.32 Å². The van der Waals surface area contributed by atoms with E-state index in [0.717, 1.165) is 5.56 Å². The predicted molar refractivity (Wildman–Crippen MR) is 74.6 cm³/mol. The van der Waals surface area contributed by atoms with E-state index >= 15 is 0 Å². The molecular weight excluding hydrogens is 252 g/mol. The lowest BCUT2D eigenvalue weighted by Crippen LogP contribution is -2.30. The fourth-order valence-corrected chi connectivity index (χ4v) is 1.45. The lowest BCUT2D eigenvalue weighted by molar-refractivity contribution is -0.131. The Labute approximate surface area is 114 Å². The van der Waals surface area contributed by atoms with Gasteiger partial charge in [0.25, 0.3) is 5.91 Å². The molecule has 0 aromatic heterocycles. The van der Waals surface area contributed by atoms with E-state index in [0.29, 0.717) is 13.1 Å².